The lowest BCUT2D eigenvalue weighted by Crippen LogP contribution is -2.16. The number of hydrogen-bond donors (Lipinski definition) is 1. The van der Waals surface area contributed by atoms with E-state index >= 15 is 0 Å². The van der Waals surface area contributed by atoms with Crippen molar-refractivity contribution in [2.24, 2.45) is 0 Å². The highest BCUT2D eigenvalue weighted by Crippen LogP contribution is 2.22. The maximum atomic E-state index is 11.5. The Kier molecular flexibility index (Phi) is 3.49. The molecule has 0 unspecified atom stereocenters. The number of anilines is 2. The topological polar surface area (TPSA) is 68.5 Å². The van der Waals surface area contributed by atoms with E-state index in [1.165, 1.54) is 6.20 Å². The quantitative estimate of drug-likeness (QED) is 0.749. The highest BCUT2D eigenvalue weighted by Gasteiger charge is 2.15. The molecule has 0 fully saturated rings. The van der Waals surface area contributed by atoms with E-state index in [0.29, 0.717) is 23.7 Å². The lowest BCUT2D eigenvalue weighted by atomic mass is 10.2. The number of carbonyl (C=O) groups is 1. The predicted octanol–water partition coefficient (Wildman–Crippen LogP) is 0.907. The van der Waals surface area contributed by atoms with E-state index in [9.17, 15) is 4.79 Å². The first-order valence-corrected chi connectivity index (χ1v) is 4.66. The van der Waals surface area contributed by atoms with E-state index < -0.39 is 5.97 Å². The van der Waals surface area contributed by atoms with Crippen LogP contribution >= 0.6 is 0 Å². The number of nitrogens with two attached hydrogens (primary N) is 1. The Morgan fingerprint density at radius 1 is 1.60 bits per heavy atom. The molecule has 0 aliphatic heterocycles. The molecule has 0 radical (unpaired) electrons. The molecule has 15 heavy (non-hydrogen) atoms. The molecule has 0 aliphatic rings. The largest absolute Gasteiger partial charge is 0.462 e. The maximum absolute atomic E-state index is 11.5. The number of pyridine rings is 1. The van der Waals surface area contributed by atoms with Gasteiger partial charge in [-0.2, -0.15) is 0 Å². The van der Waals surface area contributed by atoms with Gasteiger partial charge in [0.2, 0.25) is 0 Å². The first-order chi connectivity index (χ1) is 7.07. The SMILES string of the molecule is CCOC(=O)c1ccnc(N(C)C)c1N. The van der Waals surface area contributed by atoms with Crippen molar-refractivity contribution in [3.8, 4) is 0 Å². The van der Waals surface area contributed by atoms with Crippen LogP contribution < -0.4 is 10.6 Å². The van der Waals surface area contributed by atoms with Crippen molar-refractivity contribution in [3.63, 3.8) is 0 Å². The van der Waals surface area contributed by atoms with E-state index in [1.54, 1.807) is 17.9 Å². The van der Waals surface area contributed by atoms with Crippen molar-refractivity contribution in [1.82, 2.24) is 4.98 Å². The summed E-state index contributed by atoms with van der Waals surface area (Å²) in [5.41, 5.74) is 6.52. The fraction of sp³-hybridized carbons (Fsp3) is 0.400. The number of nitrogen functional groups attached to an aromatic ring is 1. The van der Waals surface area contributed by atoms with Crippen molar-refractivity contribution in [2.75, 3.05) is 31.3 Å². The summed E-state index contributed by atoms with van der Waals surface area (Å²) >= 11 is 0. The Balaban J connectivity index is 3.09. The summed E-state index contributed by atoms with van der Waals surface area (Å²) in [6.45, 7) is 2.08. The lowest BCUT2D eigenvalue weighted by molar-refractivity contribution is 0.0527. The molecule has 0 saturated heterocycles. The van der Waals surface area contributed by atoms with E-state index in [0.717, 1.165) is 0 Å². The van der Waals surface area contributed by atoms with Gasteiger partial charge in [-0.1, -0.05) is 0 Å². The van der Waals surface area contributed by atoms with Crippen molar-refractivity contribution in [2.45, 2.75) is 6.92 Å². The van der Waals surface area contributed by atoms with Crippen molar-refractivity contribution >= 4 is 17.5 Å². The number of esters is 1. The molecule has 1 aromatic heterocycles. The van der Waals surface area contributed by atoms with Crippen LogP contribution in [0.15, 0.2) is 12.3 Å². The van der Waals surface area contributed by atoms with Crippen LogP contribution in [-0.4, -0.2) is 31.7 Å². The molecule has 0 aromatic carbocycles. The zero-order valence-corrected chi connectivity index (χ0v) is 9.15. The van der Waals surface area contributed by atoms with Gasteiger partial charge < -0.3 is 15.4 Å². The lowest BCUT2D eigenvalue weighted by Gasteiger charge is -2.15. The van der Waals surface area contributed by atoms with Gasteiger partial charge in [0.25, 0.3) is 0 Å². The summed E-state index contributed by atoms with van der Waals surface area (Å²) in [5.74, 6) is 0.154. The minimum Gasteiger partial charge on any atom is -0.462 e. The number of carbonyl (C=O) groups excluding carboxylic acids is 1. The van der Waals surface area contributed by atoms with Crippen LogP contribution in [0.4, 0.5) is 11.5 Å². The minimum atomic E-state index is -0.416. The molecule has 0 saturated carbocycles. The maximum Gasteiger partial charge on any atom is 0.340 e. The second kappa shape index (κ2) is 4.63. The molecule has 1 heterocycles. The number of hydrogen-bond acceptors (Lipinski definition) is 5. The smallest absolute Gasteiger partial charge is 0.340 e. The van der Waals surface area contributed by atoms with Crippen LogP contribution in [0, 0.1) is 0 Å². The third-order valence-corrected chi connectivity index (χ3v) is 1.89. The molecule has 0 atom stereocenters. The number of rotatable bonds is 3. The number of nitrogens with zero attached hydrogens (tertiary/aromatic N) is 2. The van der Waals surface area contributed by atoms with Crippen molar-refractivity contribution < 1.29 is 9.53 Å². The molecule has 1 aromatic rings. The Labute approximate surface area is 88.9 Å². The molecular weight excluding hydrogens is 194 g/mol. The summed E-state index contributed by atoms with van der Waals surface area (Å²) in [4.78, 5) is 17.3. The third kappa shape index (κ3) is 2.37. The monoisotopic (exact) mass is 209 g/mol. The van der Waals surface area contributed by atoms with Gasteiger partial charge in [0.1, 0.15) is 0 Å². The van der Waals surface area contributed by atoms with Crippen LogP contribution in [-0.2, 0) is 4.74 Å². The zero-order chi connectivity index (χ0) is 11.4. The highest BCUT2D eigenvalue weighted by atomic mass is 16.5. The second-order valence-electron chi connectivity index (χ2n) is 3.21. The normalized spacial score (nSPS) is 9.80. The Bertz CT molecular complexity index is 364. The van der Waals surface area contributed by atoms with Gasteiger partial charge in [0, 0.05) is 20.3 Å². The molecule has 5 heteroatoms. The van der Waals surface area contributed by atoms with Crippen molar-refractivity contribution in [3.05, 3.63) is 17.8 Å². The van der Waals surface area contributed by atoms with Gasteiger partial charge in [0.15, 0.2) is 5.82 Å². The molecule has 0 bridgehead atoms. The first-order valence-electron chi connectivity index (χ1n) is 4.66. The average molecular weight is 209 g/mol. The number of aromatic nitrogens is 1. The van der Waals surface area contributed by atoms with Crippen LogP contribution in [0.25, 0.3) is 0 Å². The molecule has 2 N–H and O–H groups in total. The zero-order valence-electron chi connectivity index (χ0n) is 9.15. The predicted molar refractivity (Wildman–Crippen MR) is 58.9 cm³/mol. The summed E-state index contributed by atoms with van der Waals surface area (Å²) in [6.07, 6.45) is 1.54. The molecule has 0 spiro atoms. The molecule has 1 rings (SSSR count). The highest BCUT2D eigenvalue weighted by molar-refractivity contribution is 5.97. The fourth-order valence-corrected chi connectivity index (χ4v) is 1.21. The minimum absolute atomic E-state index is 0.331. The van der Waals surface area contributed by atoms with Crippen LogP contribution in [0.2, 0.25) is 0 Å². The molecule has 5 nitrogen and oxygen atoms in total. The standard InChI is InChI=1S/C10H15N3O2/c1-4-15-10(14)7-5-6-12-9(8(7)11)13(2)3/h5-6H,4,11H2,1-3H3. The van der Waals surface area contributed by atoms with E-state index in [-0.39, 0.29) is 0 Å². The number of ether oxygens (including phenoxy) is 1. The Morgan fingerprint density at radius 2 is 2.27 bits per heavy atom. The van der Waals surface area contributed by atoms with Gasteiger partial charge in [0.05, 0.1) is 17.9 Å². The van der Waals surface area contributed by atoms with Gasteiger partial charge in [-0.15, -0.1) is 0 Å². The van der Waals surface area contributed by atoms with Gasteiger partial charge >= 0.3 is 5.97 Å². The van der Waals surface area contributed by atoms with Gasteiger partial charge in [-0.05, 0) is 13.0 Å². The van der Waals surface area contributed by atoms with Crippen LogP contribution in [0.1, 0.15) is 17.3 Å². The first kappa shape index (κ1) is 11.3. The summed E-state index contributed by atoms with van der Waals surface area (Å²) in [5, 5.41) is 0. The second-order valence-corrected chi connectivity index (χ2v) is 3.21. The van der Waals surface area contributed by atoms with Gasteiger partial charge in [-0.3, -0.25) is 0 Å². The van der Waals surface area contributed by atoms with E-state index in [4.69, 9.17) is 10.5 Å². The average Bonchev–Trinajstić information content (AvgIpc) is 2.17. The fourth-order valence-electron chi connectivity index (χ4n) is 1.21. The summed E-state index contributed by atoms with van der Waals surface area (Å²) in [7, 11) is 3.63. The summed E-state index contributed by atoms with van der Waals surface area (Å²) in [6, 6.07) is 1.56. The molecule has 82 valence electrons. The third-order valence-electron chi connectivity index (χ3n) is 1.89. The molecular formula is C10H15N3O2. The van der Waals surface area contributed by atoms with Crippen molar-refractivity contribution in [1.29, 1.82) is 0 Å². The molecule has 0 amide bonds. The van der Waals surface area contributed by atoms with Crippen LogP contribution in [0.5, 0.6) is 0 Å². The Hall–Kier alpha value is -1.78. The molecule has 0 aliphatic carbocycles. The van der Waals surface area contributed by atoms with Crippen LogP contribution in [0.3, 0.4) is 0 Å². The van der Waals surface area contributed by atoms with Gasteiger partial charge in [-0.25, -0.2) is 9.78 Å². The van der Waals surface area contributed by atoms with E-state index in [2.05, 4.69) is 4.98 Å². The van der Waals surface area contributed by atoms with E-state index in [1.807, 2.05) is 14.1 Å². The summed E-state index contributed by atoms with van der Waals surface area (Å²) < 4.78 is 4.88. The Morgan fingerprint density at radius 3 is 2.80 bits per heavy atom.